The van der Waals surface area contributed by atoms with E-state index >= 15 is 0 Å². The summed E-state index contributed by atoms with van der Waals surface area (Å²) in [5.74, 6) is 0.114. The van der Waals surface area contributed by atoms with Gasteiger partial charge in [-0.1, -0.05) is 12.1 Å². The molecule has 19 heavy (non-hydrogen) atoms. The summed E-state index contributed by atoms with van der Waals surface area (Å²) in [6.45, 7) is 5.17. The molecule has 0 aromatic carbocycles. The average Bonchev–Trinajstić information content (AvgIpc) is 2.72. The van der Waals surface area contributed by atoms with Crippen molar-refractivity contribution in [3.05, 3.63) is 11.8 Å². The first-order valence-corrected chi connectivity index (χ1v) is 6.05. The van der Waals surface area contributed by atoms with E-state index in [0.717, 1.165) is 0 Å². The van der Waals surface area contributed by atoms with Crippen molar-refractivity contribution in [2.45, 2.75) is 26.8 Å². The lowest BCUT2D eigenvalue weighted by molar-refractivity contribution is -0.136. The fourth-order valence-corrected chi connectivity index (χ4v) is 1.47. The molecule has 0 bridgehead atoms. The molecule has 0 aliphatic rings. The topological polar surface area (TPSA) is 101 Å². The third kappa shape index (κ3) is 4.36. The molecular weight excluding hydrogens is 248 g/mol. The standard InChI is InChI=1S/C12H20N4O3/c1-7-5-10(15-19-7)14-11(17)6-16(4)12(18)8(2)9(3)13/h5,8-9H,6,13H2,1-4H3,(H,14,15,17). The van der Waals surface area contributed by atoms with Gasteiger partial charge in [-0.25, -0.2) is 0 Å². The maximum Gasteiger partial charge on any atom is 0.245 e. The molecule has 1 rings (SSSR count). The number of aromatic nitrogens is 1. The number of aryl methyl sites for hydroxylation is 1. The minimum Gasteiger partial charge on any atom is -0.360 e. The third-order valence-corrected chi connectivity index (χ3v) is 2.83. The van der Waals surface area contributed by atoms with E-state index in [1.165, 1.54) is 4.90 Å². The number of hydrogen-bond donors (Lipinski definition) is 2. The van der Waals surface area contributed by atoms with Gasteiger partial charge in [-0.15, -0.1) is 0 Å². The van der Waals surface area contributed by atoms with Crippen molar-refractivity contribution < 1.29 is 14.1 Å². The van der Waals surface area contributed by atoms with Crippen LogP contribution >= 0.6 is 0 Å². The molecule has 0 radical (unpaired) electrons. The Morgan fingerprint density at radius 2 is 2.16 bits per heavy atom. The molecule has 2 unspecified atom stereocenters. The number of rotatable bonds is 5. The minimum absolute atomic E-state index is 0.0538. The summed E-state index contributed by atoms with van der Waals surface area (Å²) >= 11 is 0. The normalized spacial score (nSPS) is 13.7. The van der Waals surface area contributed by atoms with Gasteiger partial charge in [0.25, 0.3) is 0 Å². The minimum atomic E-state index is -0.332. The molecule has 2 amide bonds. The molecule has 0 spiro atoms. The second-order valence-electron chi connectivity index (χ2n) is 4.71. The van der Waals surface area contributed by atoms with Crippen LogP contribution in [0.1, 0.15) is 19.6 Å². The zero-order valence-corrected chi connectivity index (χ0v) is 11.6. The molecule has 0 aliphatic carbocycles. The molecule has 106 valence electrons. The van der Waals surface area contributed by atoms with E-state index in [0.29, 0.717) is 11.6 Å². The largest absolute Gasteiger partial charge is 0.360 e. The number of nitrogens with zero attached hydrogens (tertiary/aromatic N) is 2. The van der Waals surface area contributed by atoms with Crippen LogP contribution in [0.25, 0.3) is 0 Å². The highest BCUT2D eigenvalue weighted by Crippen LogP contribution is 2.08. The monoisotopic (exact) mass is 268 g/mol. The van der Waals surface area contributed by atoms with E-state index in [9.17, 15) is 9.59 Å². The van der Waals surface area contributed by atoms with E-state index < -0.39 is 0 Å². The predicted molar refractivity (Wildman–Crippen MR) is 70.3 cm³/mol. The lowest BCUT2D eigenvalue weighted by Gasteiger charge is -2.22. The molecule has 2 atom stereocenters. The molecule has 1 heterocycles. The quantitative estimate of drug-likeness (QED) is 0.803. The molecule has 3 N–H and O–H groups in total. The van der Waals surface area contributed by atoms with E-state index in [2.05, 4.69) is 10.5 Å². The Labute approximate surface area is 112 Å². The Hall–Kier alpha value is -1.89. The van der Waals surface area contributed by atoms with Crippen LogP contribution in [-0.4, -0.2) is 41.5 Å². The summed E-state index contributed by atoms with van der Waals surface area (Å²) in [6, 6.07) is 1.35. The van der Waals surface area contributed by atoms with Crippen LogP contribution in [0.15, 0.2) is 10.6 Å². The van der Waals surface area contributed by atoms with E-state index in [1.807, 2.05) is 0 Å². The second kappa shape index (κ2) is 6.33. The van der Waals surface area contributed by atoms with E-state index in [-0.39, 0.29) is 30.3 Å². The number of likely N-dealkylation sites (N-methyl/N-ethyl adjacent to an activating group) is 1. The summed E-state index contributed by atoms with van der Waals surface area (Å²) in [5.41, 5.74) is 5.66. The summed E-state index contributed by atoms with van der Waals surface area (Å²) in [4.78, 5) is 25.0. The van der Waals surface area contributed by atoms with Gasteiger partial charge in [-0.2, -0.15) is 0 Å². The molecule has 0 aliphatic heterocycles. The van der Waals surface area contributed by atoms with Crippen LogP contribution in [0.4, 0.5) is 5.82 Å². The van der Waals surface area contributed by atoms with Gasteiger partial charge in [0.05, 0.1) is 12.5 Å². The summed E-state index contributed by atoms with van der Waals surface area (Å²) in [6.07, 6.45) is 0. The van der Waals surface area contributed by atoms with Crippen molar-refractivity contribution in [2.24, 2.45) is 11.7 Å². The predicted octanol–water partition coefficient (Wildman–Crippen LogP) is 0.363. The first kappa shape index (κ1) is 15.2. The van der Waals surface area contributed by atoms with Gasteiger partial charge in [-0.3, -0.25) is 9.59 Å². The number of nitrogens with two attached hydrogens (primary N) is 1. The summed E-state index contributed by atoms with van der Waals surface area (Å²) in [7, 11) is 1.56. The van der Waals surface area contributed by atoms with Crippen molar-refractivity contribution >= 4 is 17.6 Å². The maximum absolute atomic E-state index is 11.9. The van der Waals surface area contributed by atoms with Gasteiger partial charge in [-0.05, 0) is 13.8 Å². The SMILES string of the molecule is Cc1cc(NC(=O)CN(C)C(=O)C(C)C(C)N)no1. The lowest BCUT2D eigenvalue weighted by atomic mass is 10.0. The molecule has 0 saturated heterocycles. The van der Waals surface area contributed by atoms with Gasteiger partial charge >= 0.3 is 0 Å². The Morgan fingerprint density at radius 3 is 2.63 bits per heavy atom. The molecule has 0 saturated carbocycles. The average molecular weight is 268 g/mol. The van der Waals surface area contributed by atoms with Crippen LogP contribution < -0.4 is 11.1 Å². The highest BCUT2D eigenvalue weighted by atomic mass is 16.5. The lowest BCUT2D eigenvalue weighted by Crippen LogP contribution is -2.42. The molecule has 1 aromatic rings. The van der Waals surface area contributed by atoms with Crippen molar-refractivity contribution in [1.29, 1.82) is 0 Å². The fourth-order valence-electron chi connectivity index (χ4n) is 1.47. The maximum atomic E-state index is 11.9. The van der Waals surface area contributed by atoms with Crippen LogP contribution in [-0.2, 0) is 9.59 Å². The zero-order chi connectivity index (χ0) is 14.6. The highest BCUT2D eigenvalue weighted by Gasteiger charge is 2.22. The number of carbonyl (C=O) groups excluding carboxylic acids is 2. The Morgan fingerprint density at radius 1 is 1.53 bits per heavy atom. The van der Waals surface area contributed by atoms with Crippen molar-refractivity contribution in [3.63, 3.8) is 0 Å². The van der Waals surface area contributed by atoms with Gasteiger partial charge in [0, 0.05) is 19.2 Å². The number of nitrogens with one attached hydrogen (secondary N) is 1. The molecule has 1 aromatic heterocycles. The van der Waals surface area contributed by atoms with Crippen molar-refractivity contribution in [1.82, 2.24) is 10.1 Å². The van der Waals surface area contributed by atoms with Gasteiger partial charge in [0.2, 0.25) is 11.8 Å². The molecule has 7 nitrogen and oxygen atoms in total. The van der Waals surface area contributed by atoms with Crippen LogP contribution in [0, 0.1) is 12.8 Å². The Bertz CT molecular complexity index is 456. The summed E-state index contributed by atoms with van der Waals surface area (Å²) < 4.78 is 4.83. The number of anilines is 1. The van der Waals surface area contributed by atoms with Crippen LogP contribution in [0.2, 0.25) is 0 Å². The number of amides is 2. The van der Waals surface area contributed by atoms with Crippen LogP contribution in [0.3, 0.4) is 0 Å². The van der Waals surface area contributed by atoms with Crippen molar-refractivity contribution in [3.8, 4) is 0 Å². The Kier molecular flexibility index (Phi) is 5.05. The van der Waals surface area contributed by atoms with Crippen LogP contribution in [0.5, 0.6) is 0 Å². The molecular formula is C12H20N4O3. The first-order valence-electron chi connectivity index (χ1n) is 6.05. The number of carbonyl (C=O) groups is 2. The fraction of sp³-hybridized carbons (Fsp3) is 0.583. The smallest absolute Gasteiger partial charge is 0.245 e. The second-order valence-corrected chi connectivity index (χ2v) is 4.71. The van der Waals surface area contributed by atoms with Gasteiger partial charge < -0.3 is 20.5 Å². The Balaban J connectivity index is 2.50. The van der Waals surface area contributed by atoms with Gasteiger partial charge in [0.15, 0.2) is 5.82 Å². The van der Waals surface area contributed by atoms with Gasteiger partial charge in [0.1, 0.15) is 5.76 Å². The first-order chi connectivity index (χ1) is 8.81. The number of hydrogen-bond acceptors (Lipinski definition) is 5. The van der Waals surface area contributed by atoms with E-state index in [4.69, 9.17) is 10.3 Å². The molecule has 0 fully saturated rings. The zero-order valence-electron chi connectivity index (χ0n) is 11.6. The molecule has 7 heteroatoms. The summed E-state index contributed by atoms with van der Waals surface area (Å²) in [5, 5.41) is 6.19. The highest BCUT2D eigenvalue weighted by molar-refractivity contribution is 5.94. The third-order valence-electron chi connectivity index (χ3n) is 2.83. The van der Waals surface area contributed by atoms with E-state index in [1.54, 1.807) is 33.9 Å². The van der Waals surface area contributed by atoms with Crippen molar-refractivity contribution in [2.75, 3.05) is 18.9 Å².